The van der Waals surface area contributed by atoms with Crippen molar-refractivity contribution in [2.45, 2.75) is 21.3 Å². The van der Waals surface area contributed by atoms with Crippen LogP contribution in [0, 0.1) is 23.4 Å². The van der Waals surface area contributed by atoms with E-state index >= 15 is 0 Å². The Morgan fingerprint density at radius 1 is 0.841 bits per heavy atom. The van der Waals surface area contributed by atoms with Crippen molar-refractivity contribution < 1.29 is 49.5 Å². The smallest absolute Gasteiger partial charge is 0.326 e. The molecule has 0 radical (unpaired) electrons. The summed E-state index contributed by atoms with van der Waals surface area (Å²) in [4.78, 5) is 33.2. The summed E-state index contributed by atoms with van der Waals surface area (Å²) in [5.41, 5.74) is -4.24. The fourth-order valence-electron chi connectivity index (χ4n) is 4.16. The molecule has 3 aromatic rings. The third-order valence-electron chi connectivity index (χ3n) is 6.30. The molecule has 44 heavy (non-hydrogen) atoms. The van der Waals surface area contributed by atoms with E-state index in [-0.39, 0.29) is 21.8 Å². The summed E-state index contributed by atoms with van der Waals surface area (Å²) >= 11 is 20.2. The molecule has 4 rings (SSSR count). The van der Waals surface area contributed by atoms with Gasteiger partial charge in [0.25, 0.3) is 5.91 Å². The Morgan fingerprint density at radius 2 is 1.48 bits per heavy atom. The standard InChI is InChI=1S/C26H13BrCl3F8N3O3/c27-25(34,35)23(44)41-20-15(32)5-6-16(19(20)33)40-21(42)11-8-10(2-3-13(11)28)39-22(43)18-17(24(18,29)30)9-1-4-14(31)12(7-9)26(36,37)38/h1-8,17-18H,(H,39,43)(H,40,42)(H,41,44)/t17-,18+/m0/s1. The van der Waals surface area contributed by atoms with Crippen molar-refractivity contribution in [2.75, 3.05) is 16.0 Å². The Labute approximate surface area is 265 Å². The van der Waals surface area contributed by atoms with Crippen LogP contribution in [-0.4, -0.2) is 26.9 Å². The molecule has 1 aliphatic rings. The summed E-state index contributed by atoms with van der Waals surface area (Å²) in [6.45, 7) is 0. The lowest BCUT2D eigenvalue weighted by molar-refractivity contribution is -0.140. The minimum atomic E-state index is -5.02. The van der Waals surface area contributed by atoms with Crippen LogP contribution in [0.1, 0.15) is 27.4 Å². The van der Waals surface area contributed by atoms with Crippen molar-refractivity contribution in [3.05, 3.63) is 87.7 Å². The molecular formula is C26H13BrCl3F8N3O3. The maximum absolute atomic E-state index is 14.8. The lowest BCUT2D eigenvalue weighted by Crippen LogP contribution is -2.29. The van der Waals surface area contributed by atoms with Gasteiger partial charge in [-0.2, -0.15) is 22.0 Å². The summed E-state index contributed by atoms with van der Waals surface area (Å²) in [5, 5.41) is 5.54. The van der Waals surface area contributed by atoms with E-state index in [2.05, 4.69) is 5.32 Å². The Morgan fingerprint density at radius 3 is 2.09 bits per heavy atom. The highest BCUT2D eigenvalue weighted by atomic mass is 79.9. The second-order valence-electron chi connectivity index (χ2n) is 9.24. The van der Waals surface area contributed by atoms with Crippen LogP contribution in [0.5, 0.6) is 0 Å². The van der Waals surface area contributed by atoms with Gasteiger partial charge in [-0.25, -0.2) is 13.2 Å². The number of benzene rings is 3. The number of hydrogen-bond acceptors (Lipinski definition) is 3. The zero-order valence-electron chi connectivity index (χ0n) is 21.0. The maximum atomic E-state index is 14.8. The van der Waals surface area contributed by atoms with E-state index in [1.54, 1.807) is 15.9 Å². The van der Waals surface area contributed by atoms with E-state index in [9.17, 15) is 49.5 Å². The molecular weight excluding hydrogens is 741 g/mol. The van der Waals surface area contributed by atoms with Crippen LogP contribution in [0.2, 0.25) is 5.02 Å². The van der Waals surface area contributed by atoms with Crippen LogP contribution < -0.4 is 16.0 Å². The summed E-state index contributed by atoms with van der Waals surface area (Å²) in [6.07, 6.45) is -5.02. The predicted octanol–water partition coefficient (Wildman–Crippen LogP) is 8.48. The first kappa shape index (κ1) is 33.7. The van der Waals surface area contributed by atoms with Crippen molar-refractivity contribution in [3.63, 3.8) is 0 Å². The van der Waals surface area contributed by atoms with Gasteiger partial charge in [0.15, 0.2) is 5.82 Å². The van der Waals surface area contributed by atoms with Crippen molar-refractivity contribution in [1.29, 1.82) is 0 Å². The van der Waals surface area contributed by atoms with Gasteiger partial charge in [0, 0.05) is 27.5 Å². The molecule has 3 aromatic carbocycles. The van der Waals surface area contributed by atoms with Gasteiger partial charge in [0.1, 0.15) is 21.7 Å². The number of hydrogen-bond donors (Lipinski definition) is 3. The quantitative estimate of drug-likeness (QED) is 0.167. The summed E-state index contributed by atoms with van der Waals surface area (Å²) in [5.74, 6) is -11.2. The van der Waals surface area contributed by atoms with Crippen molar-refractivity contribution in [2.24, 2.45) is 5.92 Å². The Kier molecular flexibility index (Phi) is 9.19. The van der Waals surface area contributed by atoms with Gasteiger partial charge in [0.2, 0.25) is 5.91 Å². The summed E-state index contributed by atoms with van der Waals surface area (Å²) in [7, 11) is 0. The van der Waals surface area contributed by atoms with Gasteiger partial charge in [0.05, 0.1) is 27.8 Å². The molecule has 1 saturated carbocycles. The SMILES string of the molecule is O=C(Nc1ccc(F)c(NC(=O)C(F)(F)Br)c1F)c1cc(NC(=O)[C@H]2[C@H](c3ccc(F)c(C(F)(F)F)c3)C2(Cl)Cl)ccc1Cl. The molecule has 1 fully saturated rings. The average Bonchev–Trinajstić information content (AvgIpc) is 3.49. The first-order chi connectivity index (χ1) is 20.2. The minimum Gasteiger partial charge on any atom is -0.326 e. The fourth-order valence-corrected chi connectivity index (χ4v) is 5.29. The van der Waals surface area contributed by atoms with Crippen LogP contribution in [-0.2, 0) is 15.8 Å². The lowest BCUT2D eigenvalue weighted by Gasteiger charge is -2.14. The molecule has 0 aliphatic heterocycles. The normalized spacial score (nSPS) is 17.5. The van der Waals surface area contributed by atoms with Crippen molar-refractivity contribution in [1.82, 2.24) is 0 Å². The van der Waals surface area contributed by atoms with Gasteiger partial charge in [-0.3, -0.25) is 14.4 Å². The van der Waals surface area contributed by atoms with Crippen molar-refractivity contribution >= 4 is 85.5 Å². The monoisotopic (exact) mass is 751 g/mol. The van der Waals surface area contributed by atoms with Crippen LogP contribution in [0.3, 0.4) is 0 Å². The number of carbonyl (C=O) groups is 3. The highest BCUT2D eigenvalue weighted by molar-refractivity contribution is 9.10. The van der Waals surface area contributed by atoms with Gasteiger partial charge < -0.3 is 16.0 Å². The molecule has 2 atom stereocenters. The van der Waals surface area contributed by atoms with Gasteiger partial charge in [-0.15, -0.1) is 23.2 Å². The number of alkyl halides is 8. The Hall–Kier alpha value is -3.14. The number of nitrogens with one attached hydrogen (secondary N) is 3. The van der Waals surface area contributed by atoms with Gasteiger partial charge >= 0.3 is 16.9 Å². The highest BCUT2D eigenvalue weighted by Crippen LogP contribution is 2.65. The minimum absolute atomic E-state index is 0.0958. The zero-order valence-corrected chi connectivity index (χ0v) is 24.9. The van der Waals surface area contributed by atoms with E-state index in [0.717, 1.165) is 24.3 Å². The summed E-state index contributed by atoms with van der Waals surface area (Å²) in [6, 6.07) is 6.77. The molecule has 0 aromatic heterocycles. The van der Waals surface area contributed by atoms with E-state index in [0.29, 0.717) is 18.2 Å². The van der Waals surface area contributed by atoms with Crippen LogP contribution in [0.15, 0.2) is 48.5 Å². The first-order valence-electron chi connectivity index (χ1n) is 11.8. The van der Waals surface area contributed by atoms with Gasteiger partial charge in [-0.05, 0) is 48.0 Å². The van der Waals surface area contributed by atoms with E-state index in [4.69, 9.17) is 34.8 Å². The molecule has 0 heterocycles. The molecule has 0 saturated heterocycles. The third kappa shape index (κ3) is 6.90. The number of rotatable bonds is 7. The van der Waals surface area contributed by atoms with Crippen LogP contribution in [0.4, 0.5) is 52.2 Å². The molecule has 0 spiro atoms. The highest BCUT2D eigenvalue weighted by Gasteiger charge is 2.67. The predicted molar refractivity (Wildman–Crippen MR) is 149 cm³/mol. The van der Waals surface area contributed by atoms with E-state index in [1.807, 2.05) is 5.32 Å². The topological polar surface area (TPSA) is 87.3 Å². The van der Waals surface area contributed by atoms with Gasteiger partial charge in [-0.1, -0.05) is 17.7 Å². The number of amides is 3. The number of halogens is 12. The number of anilines is 3. The zero-order chi connectivity index (χ0) is 32.9. The molecule has 3 N–H and O–H groups in total. The van der Waals surface area contributed by atoms with E-state index in [1.165, 1.54) is 11.4 Å². The average molecular weight is 754 g/mol. The molecule has 1 aliphatic carbocycles. The van der Waals surface area contributed by atoms with Crippen LogP contribution in [0.25, 0.3) is 0 Å². The first-order valence-corrected chi connectivity index (χ1v) is 13.7. The fraction of sp³-hybridized carbons (Fsp3) is 0.192. The second kappa shape index (κ2) is 12.0. The van der Waals surface area contributed by atoms with Crippen LogP contribution >= 0.6 is 50.7 Å². The molecule has 18 heteroatoms. The Balaban J connectivity index is 1.53. The molecule has 6 nitrogen and oxygen atoms in total. The molecule has 3 amide bonds. The summed E-state index contributed by atoms with van der Waals surface area (Å²) < 4.78 is 106. The third-order valence-corrected chi connectivity index (χ3v) is 7.93. The second-order valence-corrected chi connectivity index (χ2v) is 12.1. The lowest BCUT2D eigenvalue weighted by atomic mass is 10.0. The number of carbonyl (C=O) groups excluding carboxylic acids is 3. The largest absolute Gasteiger partial charge is 0.419 e. The van der Waals surface area contributed by atoms with E-state index < -0.39 is 79.3 Å². The molecule has 0 bridgehead atoms. The van der Waals surface area contributed by atoms with Crippen molar-refractivity contribution in [3.8, 4) is 0 Å². The maximum Gasteiger partial charge on any atom is 0.419 e. The molecule has 0 unspecified atom stereocenters. The Bertz CT molecular complexity index is 1680. The molecule has 234 valence electrons.